The van der Waals surface area contributed by atoms with Crippen LogP contribution in [-0.2, 0) is 10.0 Å². The number of fused-ring (bicyclic) bond motifs is 1. The molecule has 15 heteroatoms. The molecule has 200 valence electrons. The van der Waals surface area contributed by atoms with Crippen LogP contribution in [0.25, 0.3) is 5.65 Å². The van der Waals surface area contributed by atoms with E-state index < -0.39 is 15.6 Å². The smallest absolute Gasteiger partial charge is 0.294 e. The highest BCUT2D eigenvalue weighted by Crippen LogP contribution is 2.29. The molecule has 14 nitrogen and oxygen atoms in total. The van der Waals surface area contributed by atoms with Gasteiger partial charge in [-0.25, -0.2) is 32.6 Å². The number of hydrogen-bond donors (Lipinski definition) is 4. The van der Waals surface area contributed by atoms with Gasteiger partial charge in [-0.1, -0.05) is 17.7 Å². The van der Waals surface area contributed by atoms with Crippen LogP contribution >= 0.6 is 0 Å². The van der Waals surface area contributed by atoms with Crippen molar-refractivity contribution in [2.24, 2.45) is 10.2 Å². The third kappa shape index (κ3) is 5.19. The van der Waals surface area contributed by atoms with Gasteiger partial charge in [0.05, 0.1) is 10.6 Å². The Balaban J connectivity index is 1.45. The van der Waals surface area contributed by atoms with E-state index in [1.807, 2.05) is 37.3 Å². The first kappa shape index (κ1) is 26.0. The first-order valence-corrected chi connectivity index (χ1v) is 13.1. The third-order valence-electron chi connectivity index (χ3n) is 5.64. The lowest BCUT2D eigenvalue weighted by Gasteiger charge is -2.12. The van der Waals surface area contributed by atoms with Gasteiger partial charge < -0.3 is 11.1 Å². The molecule has 0 saturated heterocycles. The fourth-order valence-electron chi connectivity index (χ4n) is 3.60. The number of hydrogen-bond acceptors (Lipinski definition) is 11. The lowest BCUT2D eigenvalue weighted by molar-refractivity contribution is 0.601. The van der Waals surface area contributed by atoms with Crippen molar-refractivity contribution in [2.45, 2.75) is 18.7 Å². The SMILES string of the molecule is Cc1ccc(Nc2c(C#N)c(N)nc3c(N=Nc4ccc(S(=O)(=O)Nc5ncc(C)cn5)cc4)c(=O)[nH]n23)cc1. The molecule has 0 bridgehead atoms. The van der Waals surface area contributed by atoms with Crippen molar-refractivity contribution < 1.29 is 8.42 Å². The van der Waals surface area contributed by atoms with E-state index in [4.69, 9.17) is 5.73 Å². The van der Waals surface area contributed by atoms with E-state index in [2.05, 4.69) is 40.3 Å². The van der Waals surface area contributed by atoms with Crippen molar-refractivity contribution in [3.63, 3.8) is 0 Å². The fraction of sp³-hybridized carbons (Fsp3) is 0.0800. The molecule has 0 fully saturated rings. The molecular formula is C25H21N11O3S. The van der Waals surface area contributed by atoms with Gasteiger partial charge in [0.15, 0.2) is 17.2 Å². The molecule has 0 aliphatic carbocycles. The van der Waals surface area contributed by atoms with Crippen LogP contribution in [0.2, 0.25) is 0 Å². The summed E-state index contributed by atoms with van der Waals surface area (Å²) in [5.41, 5.74) is 8.09. The summed E-state index contributed by atoms with van der Waals surface area (Å²) in [7, 11) is -3.94. The molecular weight excluding hydrogens is 534 g/mol. The quantitative estimate of drug-likeness (QED) is 0.215. The Labute approximate surface area is 227 Å². The molecule has 0 radical (unpaired) electrons. The van der Waals surface area contributed by atoms with E-state index in [0.717, 1.165) is 11.1 Å². The molecule has 5 rings (SSSR count). The van der Waals surface area contributed by atoms with Gasteiger partial charge in [-0.05, 0) is 55.8 Å². The monoisotopic (exact) mass is 555 g/mol. The normalized spacial score (nSPS) is 11.5. The Morgan fingerprint density at radius 1 is 1.00 bits per heavy atom. The highest BCUT2D eigenvalue weighted by atomic mass is 32.2. The zero-order valence-corrected chi connectivity index (χ0v) is 21.9. The van der Waals surface area contributed by atoms with Crippen molar-refractivity contribution in [2.75, 3.05) is 15.8 Å². The number of benzene rings is 2. The molecule has 5 N–H and O–H groups in total. The molecule has 0 aliphatic heterocycles. The molecule has 3 aromatic heterocycles. The molecule has 2 aromatic carbocycles. The zero-order valence-electron chi connectivity index (χ0n) is 21.1. The average molecular weight is 556 g/mol. The van der Waals surface area contributed by atoms with Gasteiger partial charge in [-0.3, -0.25) is 9.89 Å². The first-order chi connectivity index (χ1) is 19.1. The molecule has 0 saturated carbocycles. The minimum absolute atomic E-state index is 0.0317. The molecule has 0 unspecified atom stereocenters. The lowest BCUT2D eigenvalue weighted by atomic mass is 10.2. The molecule has 0 amide bonds. The summed E-state index contributed by atoms with van der Waals surface area (Å²) in [6.45, 7) is 3.73. The Kier molecular flexibility index (Phi) is 6.68. The van der Waals surface area contributed by atoms with Crippen LogP contribution in [0.1, 0.15) is 16.7 Å². The van der Waals surface area contributed by atoms with Gasteiger partial charge in [0.2, 0.25) is 5.95 Å². The van der Waals surface area contributed by atoms with Gasteiger partial charge in [-0.15, -0.1) is 5.11 Å². The van der Waals surface area contributed by atoms with E-state index in [9.17, 15) is 18.5 Å². The predicted molar refractivity (Wildman–Crippen MR) is 148 cm³/mol. The number of sulfonamides is 1. The Morgan fingerprint density at radius 2 is 1.68 bits per heavy atom. The van der Waals surface area contributed by atoms with E-state index in [-0.39, 0.29) is 45.1 Å². The topological polar surface area (TPSA) is 209 Å². The van der Waals surface area contributed by atoms with Crippen LogP contribution in [0.4, 0.5) is 34.6 Å². The van der Waals surface area contributed by atoms with E-state index in [1.165, 1.54) is 41.2 Å². The van der Waals surface area contributed by atoms with Crippen LogP contribution in [0, 0.1) is 25.2 Å². The first-order valence-electron chi connectivity index (χ1n) is 11.7. The van der Waals surface area contributed by atoms with E-state index in [0.29, 0.717) is 5.69 Å². The highest BCUT2D eigenvalue weighted by molar-refractivity contribution is 7.92. The zero-order chi connectivity index (χ0) is 28.4. The van der Waals surface area contributed by atoms with Crippen LogP contribution in [0.5, 0.6) is 0 Å². The summed E-state index contributed by atoms with van der Waals surface area (Å²) in [4.78, 5) is 24.8. The van der Waals surface area contributed by atoms with Crippen molar-refractivity contribution in [1.82, 2.24) is 24.6 Å². The molecule has 40 heavy (non-hydrogen) atoms. The molecule has 0 spiro atoms. The number of H-pyrrole nitrogens is 1. The van der Waals surface area contributed by atoms with Gasteiger partial charge in [0, 0.05) is 18.1 Å². The summed E-state index contributed by atoms with van der Waals surface area (Å²) in [6.07, 6.45) is 2.99. The van der Waals surface area contributed by atoms with Crippen molar-refractivity contribution >= 4 is 50.3 Å². The summed E-state index contributed by atoms with van der Waals surface area (Å²) in [6, 6.07) is 14.9. The maximum Gasteiger partial charge on any atom is 0.294 e. The number of nitrogen functional groups attached to an aromatic ring is 1. The van der Waals surface area contributed by atoms with Gasteiger partial charge in [0.1, 0.15) is 17.5 Å². The van der Waals surface area contributed by atoms with Gasteiger partial charge in [-0.2, -0.15) is 10.4 Å². The second-order valence-corrected chi connectivity index (χ2v) is 10.3. The van der Waals surface area contributed by atoms with Crippen molar-refractivity contribution in [3.05, 3.63) is 88.0 Å². The maximum atomic E-state index is 12.8. The molecule has 0 aliphatic rings. The number of aryl methyl sites for hydroxylation is 2. The van der Waals surface area contributed by atoms with Crippen LogP contribution < -0.4 is 21.3 Å². The number of nitrogens with one attached hydrogen (secondary N) is 3. The number of azo groups is 1. The molecule has 3 heterocycles. The Hall–Kier alpha value is -5.62. The Bertz CT molecular complexity index is 1960. The van der Waals surface area contributed by atoms with Gasteiger partial charge in [0.25, 0.3) is 15.6 Å². The van der Waals surface area contributed by atoms with Crippen molar-refractivity contribution in [3.8, 4) is 6.07 Å². The third-order valence-corrected chi connectivity index (χ3v) is 6.98. The van der Waals surface area contributed by atoms with Crippen molar-refractivity contribution in [1.29, 1.82) is 5.26 Å². The second kappa shape index (κ2) is 10.3. The number of nitriles is 1. The van der Waals surface area contributed by atoms with E-state index in [1.54, 1.807) is 6.92 Å². The van der Waals surface area contributed by atoms with E-state index >= 15 is 0 Å². The standard InChI is InChI=1S/C25H21N11O3S/c1-14-3-5-16(6-4-14)30-22-19(11-26)21(27)31-23-20(24(37)34-36(22)23)33-32-17-7-9-18(10-8-17)40(38,39)35-25-28-12-15(2)13-29-25/h3-10,12-13,30H,1-2H3,(H2,27,31)(H,34,37)(H,28,29,35). The van der Waals surface area contributed by atoms with Crippen LogP contribution in [-0.4, -0.2) is 33.0 Å². The minimum atomic E-state index is -3.94. The summed E-state index contributed by atoms with van der Waals surface area (Å²) in [5.74, 6) is 0.0379. The number of nitrogens with zero attached hydrogens (tertiary/aromatic N) is 7. The molecule has 5 aromatic rings. The minimum Gasteiger partial charge on any atom is -0.382 e. The largest absolute Gasteiger partial charge is 0.382 e. The van der Waals surface area contributed by atoms with Crippen LogP contribution in [0.15, 0.2) is 80.8 Å². The predicted octanol–water partition coefficient (Wildman–Crippen LogP) is 3.84. The number of aromatic nitrogens is 5. The average Bonchev–Trinajstić information content (AvgIpc) is 3.24. The van der Waals surface area contributed by atoms with Crippen LogP contribution in [0.3, 0.4) is 0 Å². The summed E-state index contributed by atoms with van der Waals surface area (Å²) >= 11 is 0. The second-order valence-electron chi connectivity index (χ2n) is 8.66. The lowest BCUT2D eigenvalue weighted by Crippen LogP contribution is -2.14. The number of aromatic amines is 1. The number of nitrogens with two attached hydrogens (primary N) is 1. The summed E-state index contributed by atoms with van der Waals surface area (Å²) < 4.78 is 28.9. The maximum absolute atomic E-state index is 12.8. The van der Waals surface area contributed by atoms with Gasteiger partial charge >= 0.3 is 0 Å². The fourth-order valence-corrected chi connectivity index (χ4v) is 4.56. The summed E-state index contributed by atoms with van der Waals surface area (Å²) in [5, 5.41) is 23.5. The Morgan fingerprint density at radius 3 is 2.33 bits per heavy atom. The number of rotatable bonds is 7. The number of anilines is 4. The molecule has 0 atom stereocenters. The highest BCUT2D eigenvalue weighted by Gasteiger charge is 2.20.